The van der Waals surface area contributed by atoms with E-state index < -0.39 is 23.4 Å². The van der Waals surface area contributed by atoms with Crippen molar-refractivity contribution in [2.75, 3.05) is 30.7 Å². The number of rotatable bonds is 12. The minimum absolute atomic E-state index is 0.0494. The van der Waals surface area contributed by atoms with Gasteiger partial charge in [0.25, 0.3) is 17.6 Å². The number of oxime groups is 1. The van der Waals surface area contributed by atoms with Crippen LogP contribution in [0.15, 0.2) is 47.1 Å². The van der Waals surface area contributed by atoms with E-state index in [0.29, 0.717) is 19.5 Å². The summed E-state index contributed by atoms with van der Waals surface area (Å²) in [6, 6.07) is 9.30. The predicted molar refractivity (Wildman–Crippen MR) is 167 cm³/mol. The molecule has 16 heteroatoms. The molecule has 44 heavy (non-hydrogen) atoms. The highest BCUT2D eigenvalue weighted by Gasteiger charge is 2.57. The lowest BCUT2D eigenvalue weighted by Gasteiger charge is -2.50. The maximum Gasteiger partial charge on any atom is 0.276 e. The summed E-state index contributed by atoms with van der Waals surface area (Å²) >= 11 is 1.19. The normalized spacial score (nSPS) is 19.1. The van der Waals surface area contributed by atoms with Crippen LogP contribution in [-0.4, -0.2) is 69.5 Å². The number of β-lactam (4-membered cyclic amide) rings is 1. The number of thiazole rings is 1. The molecule has 0 bridgehead atoms. The lowest BCUT2D eigenvalue weighted by Crippen LogP contribution is -2.76. The van der Waals surface area contributed by atoms with Crippen LogP contribution in [0.4, 0.5) is 10.9 Å². The highest BCUT2D eigenvalue weighted by atomic mass is 32.2. The summed E-state index contributed by atoms with van der Waals surface area (Å²) in [6.45, 7) is 4.72. The highest BCUT2D eigenvalue weighted by molar-refractivity contribution is 7.88. The van der Waals surface area contributed by atoms with E-state index in [1.165, 1.54) is 0 Å². The number of anilines is 2. The van der Waals surface area contributed by atoms with E-state index in [4.69, 9.17) is 29.9 Å². The SMILES string of the molecule is C[n+]1cc(-c2ccc3c(c2)CC[C@@H](CO/N=C(\C(=O)N[C@@H]2C(=O)N(OSO)C2(C)C)c2csc(N)n2)O3)ccc1NCCN. The number of aryl methyl sites for hydroxylation is 2. The fourth-order valence-corrected chi connectivity index (χ4v) is 5.93. The maximum atomic E-state index is 13.2. The van der Waals surface area contributed by atoms with Crippen LogP contribution in [0.25, 0.3) is 11.1 Å². The number of hydroxylamine groups is 2. The summed E-state index contributed by atoms with van der Waals surface area (Å²) in [5.74, 6) is 0.568. The van der Waals surface area contributed by atoms with Crippen LogP contribution in [-0.2, 0) is 32.2 Å². The highest BCUT2D eigenvalue weighted by Crippen LogP contribution is 2.34. The molecular formula is C28H35N8O6S2+. The van der Waals surface area contributed by atoms with Gasteiger partial charge < -0.3 is 30.9 Å². The summed E-state index contributed by atoms with van der Waals surface area (Å²) in [5.41, 5.74) is 13.8. The average molecular weight is 644 g/mol. The summed E-state index contributed by atoms with van der Waals surface area (Å²) in [4.78, 5) is 35.5. The van der Waals surface area contributed by atoms with Gasteiger partial charge in [0.15, 0.2) is 29.8 Å². The van der Waals surface area contributed by atoms with Gasteiger partial charge >= 0.3 is 0 Å². The van der Waals surface area contributed by atoms with Gasteiger partial charge in [0, 0.05) is 23.6 Å². The molecule has 234 valence electrons. The number of hydrogen-bond acceptors (Lipinski definition) is 13. The molecule has 14 nitrogen and oxygen atoms in total. The first-order chi connectivity index (χ1) is 21.1. The summed E-state index contributed by atoms with van der Waals surface area (Å²) in [7, 11) is 1.99. The van der Waals surface area contributed by atoms with Gasteiger partial charge in [-0.15, -0.1) is 11.3 Å². The molecule has 2 atom stereocenters. The molecule has 4 heterocycles. The first-order valence-electron chi connectivity index (χ1n) is 13.9. The molecule has 0 saturated carbocycles. The van der Waals surface area contributed by atoms with Crippen LogP contribution >= 0.6 is 23.7 Å². The molecule has 3 aromatic rings. The van der Waals surface area contributed by atoms with Crippen molar-refractivity contribution in [3.05, 3.63) is 53.2 Å². The number of fused-ring (bicyclic) bond motifs is 1. The van der Waals surface area contributed by atoms with Gasteiger partial charge in [0.2, 0.25) is 0 Å². The Labute approximate surface area is 262 Å². The number of nitrogens with zero attached hydrogens (tertiary/aromatic N) is 4. The Morgan fingerprint density at radius 3 is 2.82 bits per heavy atom. The monoisotopic (exact) mass is 643 g/mol. The van der Waals surface area contributed by atoms with Crippen LogP contribution in [0.1, 0.15) is 31.5 Å². The molecule has 0 spiro atoms. The Hall–Kier alpha value is -3.96. The molecule has 0 aliphatic carbocycles. The Morgan fingerprint density at radius 1 is 1.34 bits per heavy atom. The molecule has 2 aromatic heterocycles. The van der Waals surface area contributed by atoms with E-state index in [1.54, 1.807) is 19.2 Å². The minimum Gasteiger partial charge on any atom is -0.486 e. The van der Waals surface area contributed by atoms with E-state index in [0.717, 1.165) is 51.1 Å². The van der Waals surface area contributed by atoms with Crippen molar-refractivity contribution < 1.29 is 32.6 Å². The first kappa shape index (κ1) is 31.5. The largest absolute Gasteiger partial charge is 0.486 e. The standard InChI is InChI=1S/C28H34N8O6S2/c1-28(2)24(26(38)36(28)42-44-39)33-25(37)23(20-15-43-27(30)32-20)34-40-14-19-7-4-17-12-16(5-8-21(17)41-19)18-6-9-22(31-11-10-29)35(3)13-18/h5-6,8-9,12-13,15,19,24H,4,7,10-11,14,29H2,1-3H3,(H4,30,32,33,37,39)/p+1/b34-23-/t19-,24+/m0/s1. The molecule has 0 unspecified atom stereocenters. The van der Waals surface area contributed by atoms with Crippen molar-refractivity contribution in [1.29, 1.82) is 0 Å². The molecule has 2 amide bonds. The number of nitrogens with two attached hydrogens (primary N) is 2. The Balaban J connectivity index is 1.23. The number of aromatic nitrogens is 2. The minimum atomic E-state index is -0.917. The van der Waals surface area contributed by atoms with Crippen LogP contribution in [0, 0.1) is 0 Å². The number of pyridine rings is 1. The smallest absolute Gasteiger partial charge is 0.276 e. The summed E-state index contributed by atoms with van der Waals surface area (Å²) < 4.78 is 22.1. The van der Waals surface area contributed by atoms with Crippen LogP contribution in [0.2, 0.25) is 0 Å². The molecule has 1 saturated heterocycles. The third kappa shape index (κ3) is 6.58. The summed E-state index contributed by atoms with van der Waals surface area (Å²) in [6.07, 6.45) is 3.25. The molecule has 2 aliphatic heterocycles. The summed E-state index contributed by atoms with van der Waals surface area (Å²) in [5, 5.41) is 12.9. The first-order valence-corrected chi connectivity index (χ1v) is 15.5. The fourth-order valence-electron chi connectivity index (χ4n) is 5.05. The van der Waals surface area contributed by atoms with Crippen molar-refractivity contribution in [2.24, 2.45) is 17.9 Å². The molecule has 0 radical (unpaired) electrons. The van der Waals surface area contributed by atoms with Crippen LogP contribution < -0.4 is 31.4 Å². The lowest BCUT2D eigenvalue weighted by atomic mass is 9.84. The number of benzene rings is 1. The molecule has 2 aliphatic rings. The van der Waals surface area contributed by atoms with Crippen LogP contribution in [0.3, 0.4) is 0 Å². The van der Waals surface area contributed by atoms with E-state index in [9.17, 15) is 9.59 Å². The number of ether oxygens (including phenoxy) is 1. The zero-order valence-corrected chi connectivity index (χ0v) is 26.1. The van der Waals surface area contributed by atoms with Gasteiger partial charge in [-0.05, 0) is 56.0 Å². The van der Waals surface area contributed by atoms with Gasteiger partial charge in [-0.3, -0.25) is 14.9 Å². The second kappa shape index (κ2) is 13.4. The quantitative estimate of drug-likeness (QED) is 0.0637. The zero-order chi connectivity index (χ0) is 31.4. The van der Waals surface area contributed by atoms with Crippen molar-refractivity contribution in [3.8, 4) is 16.9 Å². The molecule has 1 fully saturated rings. The van der Waals surface area contributed by atoms with Gasteiger partial charge in [-0.1, -0.05) is 11.2 Å². The molecule has 7 N–H and O–H groups in total. The van der Waals surface area contributed by atoms with E-state index in [1.807, 2.05) is 29.8 Å². The van der Waals surface area contributed by atoms with Crippen molar-refractivity contribution in [2.45, 2.75) is 44.4 Å². The number of nitrogens with one attached hydrogen (secondary N) is 2. The van der Waals surface area contributed by atoms with Crippen molar-refractivity contribution in [3.63, 3.8) is 0 Å². The predicted octanol–water partition coefficient (Wildman–Crippen LogP) is 1.86. The lowest BCUT2D eigenvalue weighted by molar-refractivity contribution is -0.656. The van der Waals surface area contributed by atoms with Crippen molar-refractivity contribution in [1.82, 2.24) is 15.4 Å². The Bertz CT molecular complexity index is 1560. The zero-order valence-electron chi connectivity index (χ0n) is 24.5. The molecule has 5 rings (SSSR count). The number of amides is 2. The number of carbonyl (C=O) groups is 2. The van der Waals surface area contributed by atoms with Gasteiger partial charge in [0.1, 0.15) is 23.6 Å². The third-order valence-electron chi connectivity index (χ3n) is 7.46. The van der Waals surface area contributed by atoms with Crippen LogP contribution in [0.5, 0.6) is 5.75 Å². The number of carbonyl (C=O) groups excluding carboxylic acids is 2. The molecule has 1 aromatic carbocycles. The second-order valence-corrected chi connectivity index (χ2v) is 12.1. The second-order valence-electron chi connectivity index (χ2n) is 10.9. The fraction of sp³-hybridized carbons (Fsp3) is 0.393. The Kier molecular flexibility index (Phi) is 9.55. The number of hydrogen-bond donors (Lipinski definition) is 5. The van der Waals surface area contributed by atoms with Gasteiger partial charge in [-0.2, -0.15) is 9.35 Å². The van der Waals surface area contributed by atoms with E-state index in [-0.39, 0.29) is 41.6 Å². The van der Waals surface area contributed by atoms with E-state index >= 15 is 0 Å². The Morgan fingerprint density at radius 2 is 2.14 bits per heavy atom. The van der Waals surface area contributed by atoms with Gasteiger partial charge in [0.05, 0.1) is 25.3 Å². The van der Waals surface area contributed by atoms with Gasteiger partial charge in [-0.25, -0.2) is 9.55 Å². The van der Waals surface area contributed by atoms with Crippen molar-refractivity contribution >= 4 is 52.1 Å². The average Bonchev–Trinajstić information content (AvgIpc) is 3.45. The third-order valence-corrected chi connectivity index (χ3v) is 8.35. The molecular weight excluding hydrogens is 608 g/mol. The number of nitrogen functional groups attached to an aromatic ring is 1. The maximum absolute atomic E-state index is 13.2. The van der Waals surface area contributed by atoms with E-state index in [2.05, 4.69) is 39.1 Å². The topological polar surface area (TPSA) is 191 Å².